The number of imidazole rings is 1. The Kier molecular flexibility index (Phi) is 6.55. The Morgan fingerprint density at radius 3 is 2.06 bits per heavy atom. The van der Waals surface area contributed by atoms with Crippen LogP contribution in [-0.4, -0.2) is 22.7 Å². The first kappa shape index (κ1) is 23.7. The molecule has 0 N–H and O–H groups in total. The summed E-state index contributed by atoms with van der Waals surface area (Å²) in [4.78, 5) is 15.5. The average Bonchev–Trinajstić information content (AvgIpc) is 3.05. The molecular weight excluding hydrogens is 439 g/mol. The molecule has 4 rings (SSSR count). The highest BCUT2D eigenvalue weighted by Gasteiger charge is 2.33. The molecule has 1 heterocycles. The zero-order valence-corrected chi connectivity index (χ0v) is 19.6. The Balaban J connectivity index is 1.61. The highest BCUT2D eigenvalue weighted by atomic mass is 19.4. The normalized spacial score (nSPS) is 11.8. The summed E-state index contributed by atoms with van der Waals surface area (Å²) < 4.78 is 43.6. The van der Waals surface area contributed by atoms with Crippen molar-refractivity contribution >= 4 is 16.7 Å². The molecule has 34 heavy (non-hydrogen) atoms. The van der Waals surface area contributed by atoms with Crippen LogP contribution in [0.1, 0.15) is 28.7 Å². The minimum atomic E-state index is -4.48. The van der Waals surface area contributed by atoms with Gasteiger partial charge in [0.1, 0.15) is 0 Å². The lowest BCUT2D eigenvalue weighted by Crippen LogP contribution is -2.27. The van der Waals surface area contributed by atoms with E-state index in [0.717, 1.165) is 24.5 Å². The lowest BCUT2D eigenvalue weighted by atomic mass is 10.1. The Hall–Kier alpha value is -3.48. The minimum absolute atomic E-state index is 0.0785. The molecule has 0 bridgehead atoms. The number of aryl methyl sites for hydroxylation is 3. The average molecular weight is 468 g/mol. The van der Waals surface area contributed by atoms with Crippen molar-refractivity contribution in [3.8, 4) is 0 Å². The lowest BCUT2D eigenvalue weighted by Gasteiger charge is -2.23. The number of hydrogen-bond acceptors (Lipinski definition) is 2. The lowest BCUT2D eigenvalue weighted by molar-refractivity contribution is -0.138. The molecule has 0 saturated heterocycles. The predicted molar refractivity (Wildman–Crippen MR) is 131 cm³/mol. The fourth-order valence-corrected chi connectivity index (χ4v) is 4.73. The SMILES string of the molecule is Cc1cccc(C)c1N(C)CCCn1c(=O)n(Cc2ccccc2C(F)(F)F)c2ccccc21. The van der Waals surface area contributed by atoms with Crippen LogP contribution in [0.3, 0.4) is 0 Å². The molecule has 0 radical (unpaired) electrons. The van der Waals surface area contributed by atoms with Gasteiger partial charge in [0.2, 0.25) is 0 Å². The molecule has 0 fully saturated rings. The van der Waals surface area contributed by atoms with Gasteiger partial charge in [-0.3, -0.25) is 9.13 Å². The second-order valence-electron chi connectivity index (χ2n) is 8.68. The molecule has 178 valence electrons. The van der Waals surface area contributed by atoms with E-state index in [1.165, 1.54) is 33.5 Å². The molecule has 0 spiro atoms. The number of anilines is 1. The molecule has 0 unspecified atom stereocenters. The van der Waals surface area contributed by atoms with E-state index < -0.39 is 11.7 Å². The number of rotatable bonds is 7. The molecule has 1 aromatic heterocycles. The molecule has 3 aromatic carbocycles. The van der Waals surface area contributed by atoms with Crippen LogP contribution >= 0.6 is 0 Å². The van der Waals surface area contributed by atoms with Crippen LogP contribution in [0.4, 0.5) is 18.9 Å². The standard InChI is InChI=1S/C27H28F3N3O/c1-19-10-8-11-20(2)25(19)31(3)16-9-17-32-23-14-6-7-15-24(23)33(26(32)34)18-21-12-4-5-13-22(21)27(28,29)30/h4-8,10-15H,9,16-18H2,1-3H3. The molecule has 7 heteroatoms. The summed E-state index contributed by atoms with van der Waals surface area (Å²) in [5, 5.41) is 0. The summed E-state index contributed by atoms with van der Waals surface area (Å²) in [5.74, 6) is 0. The summed E-state index contributed by atoms with van der Waals surface area (Å²) >= 11 is 0. The zero-order chi connectivity index (χ0) is 24.5. The van der Waals surface area contributed by atoms with E-state index in [1.807, 2.05) is 25.2 Å². The maximum Gasteiger partial charge on any atom is 0.416 e. The van der Waals surface area contributed by atoms with Crippen LogP contribution in [0.15, 0.2) is 71.5 Å². The van der Waals surface area contributed by atoms with Crippen molar-refractivity contribution in [2.75, 3.05) is 18.5 Å². The van der Waals surface area contributed by atoms with Crippen molar-refractivity contribution in [3.63, 3.8) is 0 Å². The summed E-state index contributed by atoms with van der Waals surface area (Å²) in [7, 11) is 2.04. The molecule has 0 atom stereocenters. The van der Waals surface area contributed by atoms with E-state index in [9.17, 15) is 18.0 Å². The molecule has 0 amide bonds. The maximum atomic E-state index is 13.5. The summed E-state index contributed by atoms with van der Waals surface area (Å²) in [5.41, 5.74) is 4.00. The van der Waals surface area contributed by atoms with Crippen molar-refractivity contribution in [1.29, 1.82) is 0 Å². The van der Waals surface area contributed by atoms with Crippen molar-refractivity contribution in [1.82, 2.24) is 9.13 Å². The Bertz CT molecular complexity index is 1350. The predicted octanol–water partition coefficient (Wildman–Crippen LogP) is 6.01. The van der Waals surface area contributed by atoms with E-state index in [-0.39, 0.29) is 17.8 Å². The van der Waals surface area contributed by atoms with Gasteiger partial charge in [-0.15, -0.1) is 0 Å². The third kappa shape index (κ3) is 4.60. The maximum absolute atomic E-state index is 13.5. The Morgan fingerprint density at radius 1 is 0.824 bits per heavy atom. The molecule has 0 aliphatic carbocycles. The number of aromatic nitrogens is 2. The number of hydrogen-bond donors (Lipinski definition) is 0. The van der Waals surface area contributed by atoms with Crippen molar-refractivity contribution in [2.45, 2.75) is 39.5 Å². The van der Waals surface area contributed by atoms with Gasteiger partial charge in [0.05, 0.1) is 23.1 Å². The number of halogens is 3. The summed E-state index contributed by atoms with van der Waals surface area (Å²) in [6, 6.07) is 18.9. The van der Waals surface area contributed by atoms with Gasteiger partial charge in [-0.2, -0.15) is 13.2 Å². The van der Waals surface area contributed by atoms with Gasteiger partial charge in [0.25, 0.3) is 0 Å². The van der Waals surface area contributed by atoms with Crippen LogP contribution in [0.5, 0.6) is 0 Å². The van der Waals surface area contributed by atoms with Crippen molar-refractivity contribution in [3.05, 3.63) is 99.5 Å². The number of alkyl halides is 3. The second kappa shape index (κ2) is 9.41. The van der Waals surface area contributed by atoms with Gasteiger partial charge in [-0.1, -0.05) is 48.5 Å². The van der Waals surface area contributed by atoms with E-state index in [1.54, 1.807) is 22.8 Å². The van der Waals surface area contributed by atoms with Gasteiger partial charge in [0, 0.05) is 25.8 Å². The number of nitrogens with zero attached hydrogens (tertiary/aromatic N) is 3. The molecule has 4 nitrogen and oxygen atoms in total. The Morgan fingerprint density at radius 2 is 1.41 bits per heavy atom. The quantitative estimate of drug-likeness (QED) is 0.333. The molecule has 0 saturated carbocycles. The first-order valence-electron chi connectivity index (χ1n) is 11.3. The van der Waals surface area contributed by atoms with Crippen molar-refractivity contribution < 1.29 is 13.2 Å². The van der Waals surface area contributed by atoms with E-state index in [4.69, 9.17) is 0 Å². The van der Waals surface area contributed by atoms with Crippen LogP contribution < -0.4 is 10.6 Å². The summed E-state index contributed by atoms with van der Waals surface area (Å²) in [6.45, 7) is 5.24. The summed E-state index contributed by atoms with van der Waals surface area (Å²) in [6.07, 6.45) is -3.76. The fourth-order valence-electron chi connectivity index (χ4n) is 4.73. The van der Waals surface area contributed by atoms with Crippen LogP contribution in [0.25, 0.3) is 11.0 Å². The monoisotopic (exact) mass is 467 g/mol. The van der Waals surface area contributed by atoms with E-state index >= 15 is 0 Å². The van der Waals surface area contributed by atoms with Gasteiger partial charge in [-0.05, 0) is 55.2 Å². The van der Waals surface area contributed by atoms with Crippen LogP contribution in [0.2, 0.25) is 0 Å². The number of fused-ring (bicyclic) bond motifs is 1. The first-order valence-corrected chi connectivity index (χ1v) is 11.3. The number of para-hydroxylation sites is 3. The van der Waals surface area contributed by atoms with Crippen molar-refractivity contribution in [2.24, 2.45) is 0 Å². The second-order valence-corrected chi connectivity index (χ2v) is 8.68. The highest BCUT2D eigenvalue weighted by molar-refractivity contribution is 5.76. The van der Waals surface area contributed by atoms with Gasteiger partial charge in [0.15, 0.2) is 0 Å². The molecule has 0 aliphatic rings. The minimum Gasteiger partial charge on any atom is -0.374 e. The largest absolute Gasteiger partial charge is 0.416 e. The van der Waals surface area contributed by atoms with E-state index in [0.29, 0.717) is 12.1 Å². The van der Waals surface area contributed by atoms with Gasteiger partial charge >= 0.3 is 11.9 Å². The third-order valence-electron chi connectivity index (χ3n) is 6.27. The smallest absolute Gasteiger partial charge is 0.374 e. The van der Waals surface area contributed by atoms with Gasteiger partial charge in [-0.25, -0.2) is 4.79 Å². The fraction of sp³-hybridized carbons (Fsp3) is 0.296. The zero-order valence-electron chi connectivity index (χ0n) is 19.6. The third-order valence-corrected chi connectivity index (χ3v) is 6.27. The first-order chi connectivity index (χ1) is 16.2. The highest BCUT2D eigenvalue weighted by Crippen LogP contribution is 2.32. The van der Waals surface area contributed by atoms with Crippen LogP contribution in [0, 0.1) is 13.8 Å². The topological polar surface area (TPSA) is 30.2 Å². The van der Waals surface area contributed by atoms with Gasteiger partial charge < -0.3 is 4.90 Å². The molecular formula is C27H28F3N3O. The number of benzene rings is 3. The Labute approximate surface area is 196 Å². The molecule has 4 aromatic rings. The van der Waals surface area contributed by atoms with Crippen LogP contribution in [-0.2, 0) is 19.3 Å². The molecule has 0 aliphatic heterocycles. The van der Waals surface area contributed by atoms with E-state index in [2.05, 4.69) is 30.9 Å².